The predicted molar refractivity (Wildman–Crippen MR) is 113 cm³/mol. The largest absolute Gasteiger partial charge is 0.497 e. The molecule has 2 saturated heterocycles. The Balaban J connectivity index is 1.46. The second-order valence-electron chi connectivity index (χ2n) is 8.44. The molecule has 3 heterocycles. The third-order valence-electron chi connectivity index (χ3n) is 6.70. The summed E-state index contributed by atoms with van der Waals surface area (Å²) in [6.45, 7) is 2.12. The number of amides is 2. The van der Waals surface area contributed by atoms with Gasteiger partial charge in [-0.3, -0.25) is 19.6 Å². The molecule has 1 aromatic carbocycles. The number of piperidine rings is 2. The Morgan fingerprint density at radius 3 is 2.67 bits per heavy atom. The highest BCUT2D eigenvalue weighted by Crippen LogP contribution is 2.44. The van der Waals surface area contributed by atoms with Crippen LogP contribution in [-0.2, 0) is 4.79 Å². The molecule has 160 valence electrons. The number of likely N-dealkylation sites (N-methyl/N-ethyl adjacent to an activating group) is 1. The van der Waals surface area contributed by atoms with E-state index >= 15 is 0 Å². The molecule has 0 bridgehead atoms. The number of aromatic nitrogens is 2. The number of H-pyrrole nitrogens is 1. The fourth-order valence-corrected chi connectivity index (χ4v) is 5.14. The molecule has 0 aliphatic carbocycles. The maximum absolute atomic E-state index is 13.0. The maximum atomic E-state index is 13.0. The summed E-state index contributed by atoms with van der Waals surface area (Å²) in [4.78, 5) is 29.1. The first kappa shape index (κ1) is 20.4. The van der Waals surface area contributed by atoms with Crippen LogP contribution >= 0.6 is 0 Å². The summed E-state index contributed by atoms with van der Waals surface area (Å²) < 4.78 is 5.26. The molecule has 1 aromatic heterocycles. The molecule has 1 spiro atoms. The van der Waals surface area contributed by atoms with Gasteiger partial charge >= 0.3 is 0 Å². The van der Waals surface area contributed by atoms with Gasteiger partial charge in [0.05, 0.1) is 18.8 Å². The van der Waals surface area contributed by atoms with Crippen LogP contribution in [0.1, 0.15) is 36.2 Å². The summed E-state index contributed by atoms with van der Waals surface area (Å²) in [6, 6.07) is 9.11. The van der Waals surface area contributed by atoms with Gasteiger partial charge in [-0.1, -0.05) is 12.1 Å². The number of methoxy groups -OCH3 is 1. The normalized spacial score (nSPS) is 21.5. The fraction of sp³-hybridized carbons (Fsp3) is 0.500. The second-order valence-corrected chi connectivity index (χ2v) is 8.44. The molecule has 2 aliphatic rings. The Bertz CT molecular complexity index is 932. The number of benzene rings is 1. The summed E-state index contributed by atoms with van der Waals surface area (Å²) >= 11 is 0. The number of rotatable bonds is 4. The minimum Gasteiger partial charge on any atom is -0.497 e. The Kier molecular flexibility index (Phi) is 5.51. The van der Waals surface area contributed by atoms with Crippen molar-refractivity contribution in [1.29, 1.82) is 0 Å². The molecule has 4 rings (SSSR count). The van der Waals surface area contributed by atoms with E-state index in [0.29, 0.717) is 24.5 Å². The van der Waals surface area contributed by atoms with Crippen molar-refractivity contribution in [3.63, 3.8) is 0 Å². The van der Waals surface area contributed by atoms with Crippen LogP contribution in [0.4, 0.5) is 0 Å². The molecular weight excluding hydrogens is 382 g/mol. The van der Waals surface area contributed by atoms with E-state index in [2.05, 4.69) is 15.1 Å². The van der Waals surface area contributed by atoms with E-state index in [1.165, 1.54) is 0 Å². The zero-order valence-corrected chi connectivity index (χ0v) is 17.6. The predicted octanol–water partition coefficient (Wildman–Crippen LogP) is 1.89. The number of nitrogens with two attached hydrogens (primary N) is 1. The first-order valence-electron chi connectivity index (χ1n) is 10.4. The average molecular weight is 412 g/mol. The lowest BCUT2D eigenvalue weighted by atomic mass is 9.66. The molecule has 1 atom stereocenters. The van der Waals surface area contributed by atoms with Crippen LogP contribution < -0.4 is 10.5 Å². The monoisotopic (exact) mass is 411 g/mol. The summed E-state index contributed by atoms with van der Waals surface area (Å²) in [7, 11) is 3.59. The number of aromatic amines is 1. The van der Waals surface area contributed by atoms with Crippen LogP contribution in [0.25, 0.3) is 11.3 Å². The third kappa shape index (κ3) is 3.67. The van der Waals surface area contributed by atoms with Gasteiger partial charge in [0, 0.05) is 18.7 Å². The van der Waals surface area contributed by atoms with Crippen LogP contribution in [0.5, 0.6) is 5.75 Å². The zero-order chi connectivity index (χ0) is 21.3. The number of primary amides is 1. The van der Waals surface area contributed by atoms with E-state index in [-0.39, 0.29) is 23.3 Å². The van der Waals surface area contributed by atoms with Crippen molar-refractivity contribution < 1.29 is 14.3 Å². The Hall–Kier alpha value is -2.87. The minimum absolute atomic E-state index is 0.0636. The van der Waals surface area contributed by atoms with Gasteiger partial charge in [-0.15, -0.1) is 0 Å². The van der Waals surface area contributed by atoms with Crippen molar-refractivity contribution >= 4 is 11.8 Å². The van der Waals surface area contributed by atoms with Crippen molar-refractivity contribution in [3.8, 4) is 17.0 Å². The van der Waals surface area contributed by atoms with Gasteiger partial charge in [-0.25, -0.2) is 0 Å². The van der Waals surface area contributed by atoms with Crippen LogP contribution in [-0.4, -0.2) is 71.6 Å². The number of nitrogens with zero attached hydrogens (tertiary/aromatic N) is 3. The number of nitrogens with one attached hydrogen (secondary N) is 1. The van der Waals surface area contributed by atoms with Crippen molar-refractivity contribution in [3.05, 3.63) is 36.0 Å². The Morgan fingerprint density at radius 2 is 1.97 bits per heavy atom. The molecule has 8 heteroatoms. The molecule has 0 radical (unpaired) electrons. The Labute approximate surface area is 176 Å². The van der Waals surface area contributed by atoms with E-state index in [1.807, 2.05) is 36.2 Å². The quantitative estimate of drug-likeness (QED) is 0.799. The van der Waals surface area contributed by atoms with Gasteiger partial charge in [0.1, 0.15) is 11.4 Å². The van der Waals surface area contributed by atoms with E-state index < -0.39 is 0 Å². The van der Waals surface area contributed by atoms with Crippen LogP contribution in [0.2, 0.25) is 0 Å². The highest BCUT2D eigenvalue weighted by Gasteiger charge is 2.48. The smallest absolute Gasteiger partial charge is 0.271 e. The van der Waals surface area contributed by atoms with E-state index in [4.69, 9.17) is 10.5 Å². The van der Waals surface area contributed by atoms with Gasteiger partial charge < -0.3 is 15.4 Å². The molecular formula is C22H29N5O3. The molecule has 2 aromatic rings. The first-order valence-corrected chi connectivity index (χ1v) is 10.4. The van der Waals surface area contributed by atoms with Crippen molar-refractivity contribution in [2.75, 3.05) is 33.8 Å². The second kappa shape index (κ2) is 8.10. The minimum atomic E-state index is -0.256. The van der Waals surface area contributed by atoms with Crippen LogP contribution in [0, 0.1) is 5.41 Å². The van der Waals surface area contributed by atoms with E-state index in [9.17, 15) is 9.59 Å². The highest BCUT2D eigenvalue weighted by atomic mass is 16.5. The number of ether oxygens (including phenoxy) is 1. The number of carbonyl (C=O) groups is 2. The average Bonchev–Trinajstić information content (AvgIpc) is 3.24. The first-order chi connectivity index (χ1) is 14.4. The van der Waals surface area contributed by atoms with Crippen molar-refractivity contribution in [2.45, 2.75) is 31.7 Å². The lowest BCUT2D eigenvalue weighted by Crippen LogP contribution is -2.60. The van der Waals surface area contributed by atoms with Crippen molar-refractivity contribution in [2.24, 2.45) is 11.1 Å². The van der Waals surface area contributed by atoms with Gasteiger partial charge in [-0.2, -0.15) is 5.10 Å². The molecule has 2 aliphatic heterocycles. The van der Waals surface area contributed by atoms with Gasteiger partial charge in [0.15, 0.2) is 0 Å². The summed E-state index contributed by atoms with van der Waals surface area (Å²) in [6.07, 6.45) is 3.61. The van der Waals surface area contributed by atoms with Gasteiger partial charge in [-0.05, 0) is 62.9 Å². The summed E-state index contributed by atoms with van der Waals surface area (Å²) in [5.41, 5.74) is 7.67. The zero-order valence-electron chi connectivity index (χ0n) is 17.6. The van der Waals surface area contributed by atoms with E-state index in [1.54, 1.807) is 13.2 Å². The number of carbonyl (C=O) groups excluding carboxylic acids is 2. The Morgan fingerprint density at radius 1 is 1.20 bits per heavy atom. The maximum Gasteiger partial charge on any atom is 0.271 e. The molecule has 2 amide bonds. The van der Waals surface area contributed by atoms with Gasteiger partial charge in [0.25, 0.3) is 5.91 Å². The SMILES string of the molecule is COc1cccc(-c2cc(C(=O)N3CCC4(CCCN(C)C4C(N)=O)CC3)[nH]n2)c1. The lowest BCUT2D eigenvalue weighted by Gasteiger charge is -2.51. The van der Waals surface area contributed by atoms with E-state index in [0.717, 1.165) is 43.5 Å². The van der Waals surface area contributed by atoms with Gasteiger partial charge in [0.2, 0.25) is 5.91 Å². The van der Waals surface area contributed by atoms with Crippen LogP contribution in [0.3, 0.4) is 0 Å². The molecule has 2 fully saturated rings. The third-order valence-corrected chi connectivity index (χ3v) is 6.70. The molecule has 30 heavy (non-hydrogen) atoms. The fourth-order valence-electron chi connectivity index (χ4n) is 5.14. The molecule has 0 saturated carbocycles. The number of hydrogen-bond acceptors (Lipinski definition) is 5. The molecule has 1 unspecified atom stereocenters. The van der Waals surface area contributed by atoms with Crippen molar-refractivity contribution in [1.82, 2.24) is 20.0 Å². The lowest BCUT2D eigenvalue weighted by molar-refractivity contribution is -0.132. The summed E-state index contributed by atoms with van der Waals surface area (Å²) in [5, 5.41) is 7.19. The number of likely N-dealkylation sites (tertiary alicyclic amines) is 2. The summed E-state index contributed by atoms with van der Waals surface area (Å²) in [5.74, 6) is 0.422. The highest BCUT2D eigenvalue weighted by molar-refractivity contribution is 5.93. The number of hydrogen-bond donors (Lipinski definition) is 2. The topological polar surface area (TPSA) is 105 Å². The molecule has 8 nitrogen and oxygen atoms in total. The van der Waals surface area contributed by atoms with Crippen LogP contribution in [0.15, 0.2) is 30.3 Å². The standard InChI is InChI=1S/C22H29N5O3/c1-26-10-4-7-22(19(26)20(23)28)8-11-27(12-9-22)21(29)18-14-17(24-25-18)15-5-3-6-16(13-15)30-2/h3,5-6,13-14,19H,4,7-12H2,1-2H3,(H2,23,28)(H,24,25). The molecule has 3 N–H and O–H groups in total.